The molecular weight excluding hydrogens is 426 g/mol. The molecule has 2 aromatic rings. The van der Waals surface area contributed by atoms with E-state index in [9.17, 15) is 14.4 Å². The predicted octanol–water partition coefficient (Wildman–Crippen LogP) is 4.70. The molecular formula is C25H33NO7. The van der Waals surface area contributed by atoms with Crippen LogP contribution in [-0.2, 0) is 19.1 Å². The molecule has 0 heterocycles. The summed E-state index contributed by atoms with van der Waals surface area (Å²) >= 11 is 0. The quantitative estimate of drug-likeness (QED) is 0.370. The summed E-state index contributed by atoms with van der Waals surface area (Å²) < 4.78 is 15.6. The fourth-order valence-electron chi connectivity index (χ4n) is 3.64. The van der Waals surface area contributed by atoms with Crippen LogP contribution in [0.25, 0.3) is 10.8 Å². The van der Waals surface area contributed by atoms with Crippen molar-refractivity contribution in [2.45, 2.75) is 52.7 Å². The van der Waals surface area contributed by atoms with Gasteiger partial charge in [-0.1, -0.05) is 38.1 Å². The van der Waals surface area contributed by atoms with Crippen molar-refractivity contribution in [3.63, 3.8) is 0 Å². The highest BCUT2D eigenvalue weighted by Gasteiger charge is 2.22. The molecule has 0 aromatic heterocycles. The molecule has 2 unspecified atom stereocenters. The third-order valence-corrected chi connectivity index (χ3v) is 5.28. The zero-order valence-corrected chi connectivity index (χ0v) is 19.8. The zero-order valence-electron chi connectivity index (χ0n) is 19.8. The number of aliphatic carboxylic acids is 1. The van der Waals surface area contributed by atoms with Crippen molar-refractivity contribution in [1.29, 1.82) is 0 Å². The summed E-state index contributed by atoms with van der Waals surface area (Å²) in [6.45, 7) is 7.33. The lowest BCUT2D eigenvalue weighted by Crippen LogP contribution is -2.34. The molecule has 0 bridgehead atoms. The van der Waals surface area contributed by atoms with Gasteiger partial charge in [0.05, 0.1) is 13.0 Å². The third kappa shape index (κ3) is 8.29. The minimum atomic E-state index is -1.09. The number of alkyl carbamates (subject to hydrolysis) is 1. The van der Waals surface area contributed by atoms with E-state index in [1.165, 1.54) is 6.92 Å². The van der Waals surface area contributed by atoms with Gasteiger partial charge in [-0.2, -0.15) is 0 Å². The van der Waals surface area contributed by atoms with Crippen LogP contribution >= 0.6 is 0 Å². The van der Waals surface area contributed by atoms with E-state index in [2.05, 4.69) is 5.32 Å². The molecule has 0 aliphatic rings. The SMILES string of the molecule is COc1ccc2cc([C@H](C)C(=O)OC(C)OC(=O)NCC(CC(=O)O)CC(C)C)ccc2c1. The van der Waals surface area contributed by atoms with Crippen molar-refractivity contribution < 1.29 is 33.7 Å². The van der Waals surface area contributed by atoms with Gasteiger partial charge in [0.2, 0.25) is 6.29 Å². The number of carbonyl (C=O) groups is 3. The minimum Gasteiger partial charge on any atom is -0.497 e. The highest BCUT2D eigenvalue weighted by Crippen LogP contribution is 2.26. The summed E-state index contributed by atoms with van der Waals surface area (Å²) in [5.41, 5.74) is 0.777. The number of nitrogens with one attached hydrogen (secondary N) is 1. The first kappa shape index (κ1) is 26.0. The second kappa shape index (κ2) is 12.1. The van der Waals surface area contributed by atoms with Crippen LogP contribution in [0.15, 0.2) is 36.4 Å². The Morgan fingerprint density at radius 2 is 1.64 bits per heavy atom. The molecule has 8 nitrogen and oxygen atoms in total. The molecule has 0 fully saturated rings. The summed E-state index contributed by atoms with van der Waals surface area (Å²) in [5, 5.41) is 13.5. The van der Waals surface area contributed by atoms with Gasteiger partial charge in [-0.25, -0.2) is 4.79 Å². The van der Waals surface area contributed by atoms with Gasteiger partial charge in [0.25, 0.3) is 0 Å². The van der Waals surface area contributed by atoms with E-state index in [1.54, 1.807) is 14.0 Å². The van der Waals surface area contributed by atoms with Gasteiger partial charge in [0, 0.05) is 19.9 Å². The Labute approximate surface area is 194 Å². The molecule has 33 heavy (non-hydrogen) atoms. The van der Waals surface area contributed by atoms with Gasteiger partial charge >= 0.3 is 18.0 Å². The van der Waals surface area contributed by atoms with Crippen LogP contribution in [0.4, 0.5) is 4.79 Å². The van der Waals surface area contributed by atoms with Gasteiger partial charge < -0.3 is 24.6 Å². The van der Waals surface area contributed by atoms with Crippen LogP contribution in [0.2, 0.25) is 0 Å². The van der Waals surface area contributed by atoms with E-state index >= 15 is 0 Å². The van der Waals surface area contributed by atoms with E-state index in [4.69, 9.17) is 19.3 Å². The largest absolute Gasteiger partial charge is 0.497 e. The maximum absolute atomic E-state index is 12.6. The van der Waals surface area contributed by atoms with Gasteiger partial charge in [0.15, 0.2) is 0 Å². The Morgan fingerprint density at radius 3 is 2.27 bits per heavy atom. The zero-order chi connectivity index (χ0) is 24.5. The van der Waals surface area contributed by atoms with Crippen molar-refractivity contribution in [3.05, 3.63) is 42.0 Å². The molecule has 2 aromatic carbocycles. The second-order valence-corrected chi connectivity index (χ2v) is 8.58. The number of carboxylic acids is 1. The first-order valence-electron chi connectivity index (χ1n) is 11.0. The number of rotatable bonds is 11. The van der Waals surface area contributed by atoms with Crippen molar-refractivity contribution in [3.8, 4) is 5.75 Å². The van der Waals surface area contributed by atoms with Crippen LogP contribution in [0.3, 0.4) is 0 Å². The topological polar surface area (TPSA) is 111 Å². The van der Waals surface area contributed by atoms with Gasteiger partial charge in [-0.05, 0) is 53.6 Å². The summed E-state index contributed by atoms with van der Waals surface area (Å²) in [6.07, 6.45) is -1.24. The number of esters is 1. The number of hydrogen-bond acceptors (Lipinski definition) is 6. The number of hydrogen-bond donors (Lipinski definition) is 2. The van der Waals surface area contributed by atoms with Crippen LogP contribution in [-0.4, -0.2) is 43.1 Å². The Kier molecular flexibility index (Phi) is 9.51. The van der Waals surface area contributed by atoms with Gasteiger partial charge in [0.1, 0.15) is 5.75 Å². The maximum Gasteiger partial charge on any atom is 0.410 e. The Hall–Kier alpha value is -3.29. The van der Waals surface area contributed by atoms with Crippen molar-refractivity contribution in [2.24, 2.45) is 11.8 Å². The number of amides is 1. The highest BCUT2D eigenvalue weighted by molar-refractivity contribution is 5.86. The lowest BCUT2D eigenvalue weighted by molar-refractivity contribution is -0.166. The molecule has 8 heteroatoms. The maximum atomic E-state index is 12.6. The van der Waals surface area contributed by atoms with E-state index in [0.29, 0.717) is 12.3 Å². The normalized spacial score (nSPS) is 13.8. The highest BCUT2D eigenvalue weighted by atomic mass is 16.7. The van der Waals surface area contributed by atoms with Crippen molar-refractivity contribution in [1.82, 2.24) is 5.32 Å². The minimum absolute atomic E-state index is 0.0426. The lowest BCUT2D eigenvalue weighted by Gasteiger charge is -2.20. The second-order valence-electron chi connectivity index (χ2n) is 8.58. The molecule has 2 rings (SSSR count). The molecule has 2 N–H and O–H groups in total. The van der Waals surface area contributed by atoms with E-state index in [-0.39, 0.29) is 18.9 Å². The molecule has 3 atom stereocenters. The number of carbonyl (C=O) groups excluding carboxylic acids is 2. The Bertz CT molecular complexity index is 972. The smallest absolute Gasteiger partial charge is 0.410 e. The monoisotopic (exact) mass is 459 g/mol. The summed E-state index contributed by atoms with van der Waals surface area (Å²) in [7, 11) is 1.61. The van der Waals surface area contributed by atoms with Crippen LogP contribution in [0.5, 0.6) is 5.75 Å². The van der Waals surface area contributed by atoms with Gasteiger partial charge in [-0.15, -0.1) is 0 Å². The average molecular weight is 460 g/mol. The summed E-state index contributed by atoms with van der Waals surface area (Å²) in [5.74, 6) is -1.15. The molecule has 0 aliphatic heterocycles. The number of fused-ring (bicyclic) bond motifs is 1. The van der Waals surface area contributed by atoms with E-state index in [0.717, 1.165) is 22.1 Å². The molecule has 0 radical (unpaired) electrons. The summed E-state index contributed by atoms with van der Waals surface area (Å²) in [6, 6.07) is 11.4. The first-order valence-corrected chi connectivity index (χ1v) is 11.0. The summed E-state index contributed by atoms with van der Waals surface area (Å²) in [4.78, 5) is 35.6. The Morgan fingerprint density at radius 1 is 0.970 bits per heavy atom. The van der Waals surface area contributed by atoms with E-state index in [1.807, 2.05) is 50.2 Å². The molecule has 1 amide bonds. The van der Waals surface area contributed by atoms with Crippen LogP contribution in [0, 0.1) is 11.8 Å². The average Bonchev–Trinajstić information content (AvgIpc) is 2.75. The molecule has 0 saturated heterocycles. The predicted molar refractivity (Wildman–Crippen MR) is 124 cm³/mol. The number of methoxy groups -OCH3 is 1. The van der Waals surface area contributed by atoms with Crippen LogP contribution < -0.4 is 10.1 Å². The van der Waals surface area contributed by atoms with Crippen LogP contribution in [0.1, 0.15) is 52.0 Å². The molecule has 0 saturated carbocycles. The van der Waals surface area contributed by atoms with Crippen molar-refractivity contribution >= 4 is 28.8 Å². The Balaban J connectivity index is 1.89. The van der Waals surface area contributed by atoms with Gasteiger partial charge in [-0.3, -0.25) is 9.59 Å². The third-order valence-electron chi connectivity index (χ3n) is 5.28. The van der Waals surface area contributed by atoms with E-state index < -0.39 is 30.2 Å². The molecule has 0 spiro atoms. The fraction of sp³-hybridized carbons (Fsp3) is 0.480. The number of benzene rings is 2. The number of ether oxygens (including phenoxy) is 3. The standard InChI is InChI=1S/C25H33NO7/c1-15(2)10-18(11-23(27)28)14-26-25(30)33-17(4)32-24(29)16(3)19-6-7-21-13-22(31-5)9-8-20(21)12-19/h6-9,12-13,15-18H,10-11,14H2,1-5H3,(H,26,30)(H,27,28)/t16-,17?,18?/m0/s1. The first-order chi connectivity index (χ1) is 15.6. The lowest BCUT2D eigenvalue weighted by atomic mass is 9.94. The number of carboxylic acid groups (broad SMARTS) is 1. The fourth-order valence-corrected chi connectivity index (χ4v) is 3.64. The molecule has 180 valence electrons. The van der Waals surface area contributed by atoms with Crippen molar-refractivity contribution in [2.75, 3.05) is 13.7 Å². The molecule has 0 aliphatic carbocycles.